The second-order valence-electron chi connectivity index (χ2n) is 7.71. The number of imidazole rings is 1. The number of benzene rings is 2. The first-order chi connectivity index (χ1) is 16.0. The zero-order chi connectivity index (χ0) is 23.2. The Labute approximate surface area is 190 Å². The molecule has 4 N–H and O–H groups in total. The van der Waals surface area contributed by atoms with Gasteiger partial charge in [0, 0.05) is 24.7 Å². The largest absolute Gasteiger partial charge is 0.481 e. The maximum Gasteiger partial charge on any atom is 0.407 e. The van der Waals surface area contributed by atoms with Crippen LogP contribution in [0.25, 0.3) is 11.1 Å². The molecular weight excluding hydrogens is 424 g/mol. The minimum atomic E-state index is -1.06. The molecule has 1 atom stereocenters. The van der Waals surface area contributed by atoms with Gasteiger partial charge in [0.25, 0.3) is 0 Å². The van der Waals surface area contributed by atoms with Crippen LogP contribution in [-0.2, 0) is 20.9 Å². The van der Waals surface area contributed by atoms with Crippen molar-refractivity contribution in [1.82, 2.24) is 20.6 Å². The van der Waals surface area contributed by atoms with Gasteiger partial charge < -0.3 is 25.5 Å². The van der Waals surface area contributed by atoms with Gasteiger partial charge in [-0.15, -0.1) is 0 Å². The summed E-state index contributed by atoms with van der Waals surface area (Å²) in [6.45, 7) is 0.224. The molecule has 2 amide bonds. The van der Waals surface area contributed by atoms with Crippen molar-refractivity contribution in [1.29, 1.82) is 0 Å². The lowest BCUT2D eigenvalue weighted by Gasteiger charge is -2.19. The van der Waals surface area contributed by atoms with Crippen LogP contribution in [0.1, 0.15) is 35.7 Å². The quantitative estimate of drug-likeness (QED) is 0.398. The van der Waals surface area contributed by atoms with Crippen molar-refractivity contribution in [2.45, 2.75) is 31.3 Å². The number of hydrogen-bond acceptors (Lipinski definition) is 5. The molecule has 0 fully saturated rings. The highest BCUT2D eigenvalue weighted by Gasteiger charge is 2.30. The molecule has 0 saturated carbocycles. The first-order valence-corrected chi connectivity index (χ1v) is 10.6. The van der Waals surface area contributed by atoms with Crippen molar-refractivity contribution in [2.75, 3.05) is 6.61 Å². The van der Waals surface area contributed by atoms with Crippen molar-refractivity contribution < 1.29 is 24.2 Å². The molecule has 0 aliphatic heterocycles. The number of alkyl carbamates (subject to hydrolysis) is 1. The van der Waals surface area contributed by atoms with Gasteiger partial charge in [-0.05, 0) is 28.7 Å². The Morgan fingerprint density at radius 1 is 1.06 bits per heavy atom. The molecule has 2 aromatic carbocycles. The number of aromatic nitrogens is 2. The molecule has 170 valence electrons. The molecule has 0 saturated heterocycles. The number of amides is 2. The molecule has 1 aromatic heterocycles. The Kier molecular flexibility index (Phi) is 6.68. The number of carbonyl (C=O) groups excluding carboxylic acids is 2. The number of rotatable bonds is 9. The molecule has 1 aliphatic carbocycles. The molecule has 33 heavy (non-hydrogen) atoms. The van der Waals surface area contributed by atoms with E-state index in [2.05, 4.69) is 20.6 Å². The van der Waals surface area contributed by atoms with Crippen molar-refractivity contribution in [3.63, 3.8) is 0 Å². The Hall–Kier alpha value is -4.14. The first kappa shape index (κ1) is 22.1. The lowest BCUT2D eigenvalue weighted by molar-refractivity contribution is -0.137. The van der Waals surface area contributed by atoms with Crippen molar-refractivity contribution in [3.8, 4) is 11.1 Å². The van der Waals surface area contributed by atoms with Crippen LogP contribution in [0.2, 0.25) is 0 Å². The maximum atomic E-state index is 12.6. The van der Waals surface area contributed by atoms with E-state index in [1.807, 2.05) is 48.5 Å². The molecule has 1 unspecified atom stereocenters. The maximum absolute atomic E-state index is 12.6. The standard InChI is InChI=1S/C24H24N4O5/c29-22(30)10-9-20(23(31)27-13-21-25-11-12-26-21)28-24(32)33-14-19-17-7-3-1-5-15(17)16-6-2-4-8-18(16)19/h1-8,11-12,19-20H,9-10,13-14H2,(H,25,26)(H,27,31)(H,28,32)(H,29,30). The van der Waals surface area contributed by atoms with Crippen LogP contribution in [0.15, 0.2) is 60.9 Å². The number of fused-ring (bicyclic) bond motifs is 3. The van der Waals surface area contributed by atoms with Crippen LogP contribution in [0.5, 0.6) is 0 Å². The highest BCUT2D eigenvalue weighted by atomic mass is 16.5. The third-order valence-corrected chi connectivity index (χ3v) is 5.58. The Bertz CT molecular complexity index is 1100. The van der Waals surface area contributed by atoms with Gasteiger partial charge in [-0.25, -0.2) is 9.78 Å². The normalized spacial score (nSPS) is 13.0. The zero-order valence-corrected chi connectivity index (χ0v) is 17.8. The van der Waals surface area contributed by atoms with Crippen LogP contribution in [0, 0.1) is 0 Å². The van der Waals surface area contributed by atoms with E-state index in [4.69, 9.17) is 9.84 Å². The molecule has 0 bridgehead atoms. The number of carboxylic acid groups (broad SMARTS) is 1. The zero-order valence-electron chi connectivity index (χ0n) is 17.8. The molecule has 1 heterocycles. The molecule has 1 aliphatic rings. The number of ether oxygens (including phenoxy) is 1. The van der Waals surface area contributed by atoms with Crippen LogP contribution >= 0.6 is 0 Å². The monoisotopic (exact) mass is 448 g/mol. The number of nitrogens with zero attached hydrogens (tertiary/aromatic N) is 1. The molecule has 3 aromatic rings. The third kappa shape index (κ3) is 5.20. The van der Waals surface area contributed by atoms with Crippen molar-refractivity contribution in [2.24, 2.45) is 0 Å². The number of hydrogen-bond donors (Lipinski definition) is 4. The van der Waals surface area contributed by atoms with Gasteiger partial charge in [0.05, 0.1) is 6.54 Å². The smallest absolute Gasteiger partial charge is 0.407 e. The van der Waals surface area contributed by atoms with E-state index in [1.165, 1.54) is 0 Å². The number of H-pyrrole nitrogens is 1. The van der Waals surface area contributed by atoms with Crippen LogP contribution < -0.4 is 10.6 Å². The SMILES string of the molecule is O=C(O)CCC(NC(=O)OCC1c2ccccc2-c2ccccc21)C(=O)NCc1ncc[nH]1. The summed E-state index contributed by atoms with van der Waals surface area (Å²) in [6, 6.07) is 14.9. The summed E-state index contributed by atoms with van der Waals surface area (Å²) in [5.74, 6) is -1.15. The molecule has 0 spiro atoms. The van der Waals surface area contributed by atoms with Gasteiger partial charge in [0.1, 0.15) is 18.5 Å². The summed E-state index contributed by atoms with van der Waals surface area (Å²) < 4.78 is 5.48. The highest BCUT2D eigenvalue weighted by molar-refractivity contribution is 5.86. The summed E-state index contributed by atoms with van der Waals surface area (Å²) in [6.07, 6.45) is 2.06. The predicted molar refractivity (Wildman–Crippen MR) is 119 cm³/mol. The first-order valence-electron chi connectivity index (χ1n) is 10.6. The van der Waals surface area contributed by atoms with Gasteiger partial charge in [0.15, 0.2) is 0 Å². The van der Waals surface area contributed by atoms with Gasteiger partial charge in [-0.3, -0.25) is 9.59 Å². The molecule has 0 radical (unpaired) electrons. The fourth-order valence-corrected chi connectivity index (χ4v) is 4.01. The Morgan fingerprint density at radius 2 is 1.73 bits per heavy atom. The number of aromatic amines is 1. The lowest BCUT2D eigenvalue weighted by Crippen LogP contribution is -2.47. The number of nitrogens with one attached hydrogen (secondary N) is 3. The van der Waals surface area contributed by atoms with E-state index in [0.717, 1.165) is 22.3 Å². The third-order valence-electron chi connectivity index (χ3n) is 5.58. The fourth-order valence-electron chi connectivity index (χ4n) is 4.01. The Balaban J connectivity index is 1.39. The van der Waals surface area contributed by atoms with Gasteiger partial charge >= 0.3 is 12.1 Å². The molecule has 9 heteroatoms. The van der Waals surface area contributed by atoms with Crippen LogP contribution in [0.3, 0.4) is 0 Å². The van der Waals surface area contributed by atoms with E-state index < -0.39 is 24.0 Å². The second kappa shape index (κ2) is 9.99. The van der Waals surface area contributed by atoms with E-state index in [0.29, 0.717) is 5.82 Å². The predicted octanol–water partition coefficient (Wildman–Crippen LogP) is 2.80. The lowest BCUT2D eigenvalue weighted by atomic mass is 9.98. The summed E-state index contributed by atoms with van der Waals surface area (Å²) in [5.41, 5.74) is 4.37. The Morgan fingerprint density at radius 3 is 2.33 bits per heavy atom. The minimum Gasteiger partial charge on any atom is -0.481 e. The van der Waals surface area contributed by atoms with E-state index in [9.17, 15) is 14.4 Å². The van der Waals surface area contributed by atoms with Crippen LogP contribution in [-0.4, -0.2) is 45.7 Å². The average molecular weight is 448 g/mol. The van der Waals surface area contributed by atoms with Crippen molar-refractivity contribution in [3.05, 3.63) is 77.9 Å². The van der Waals surface area contributed by atoms with E-state index in [-0.39, 0.29) is 31.9 Å². The average Bonchev–Trinajstić information content (AvgIpc) is 3.45. The van der Waals surface area contributed by atoms with Gasteiger partial charge in [-0.1, -0.05) is 48.5 Å². The molecule has 4 rings (SSSR count). The fraction of sp³-hybridized carbons (Fsp3) is 0.250. The van der Waals surface area contributed by atoms with Gasteiger partial charge in [-0.2, -0.15) is 0 Å². The summed E-state index contributed by atoms with van der Waals surface area (Å²) in [4.78, 5) is 43.0. The van der Waals surface area contributed by atoms with E-state index in [1.54, 1.807) is 12.4 Å². The number of carboxylic acids is 1. The van der Waals surface area contributed by atoms with Gasteiger partial charge in [0.2, 0.25) is 5.91 Å². The molecule has 9 nitrogen and oxygen atoms in total. The summed E-state index contributed by atoms with van der Waals surface area (Å²) in [5, 5.41) is 14.1. The topological polar surface area (TPSA) is 133 Å². The highest BCUT2D eigenvalue weighted by Crippen LogP contribution is 2.44. The number of carbonyl (C=O) groups is 3. The number of aliphatic carboxylic acids is 1. The van der Waals surface area contributed by atoms with Crippen molar-refractivity contribution >= 4 is 18.0 Å². The second-order valence-corrected chi connectivity index (χ2v) is 7.71. The molecular formula is C24H24N4O5. The minimum absolute atomic E-state index is 0.0660. The summed E-state index contributed by atoms with van der Waals surface area (Å²) in [7, 11) is 0. The van der Waals surface area contributed by atoms with Crippen LogP contribution in [0.4, 0.5) is 4.79 Å². The van der Waals surface area contributed by atoms with E-state index >= 15 is 0 Å². The summed E-state index contributed by atoms with van der Waals surface area (Å²) >= 11 is 0.